The number of hydrogen-bond acceptors (Lipinski definition) is 4. The maximum Gasteiger partial charge on any atom is 0.309 e. The Morgan fingerprint density at radius 2 is 1.87 bits per heavy atom. The van der Waals surface area contributed by atoms with E-state index in [0.29, 0.717) is 67.5 Å². The van der Waals surface area contributed by atoms with Crippen LogP contribution in [0.1, 0.15) is 49.4 Å². The number of hydrogen-bond donors (Lipinski definition) is 1. The smallest absolute Gasteiger partial charge is 0.309 e. The predicted octanol–water partition coefficient (Wildman–Crippen LogP) is 6.90. The minimum Gasteiger partial charge on any atom is -0.497 e. The van der Waals surface area contributed by atoms with E-state index in [1.165, 1.54) is 13.3 Å². The predicted molar refractivity (Wildman–Crippen MR) is 137 cm³/mol. The molecule has 0 unspecified atom stereocenters. The van der Waals surface area contributed by atoms with Crippen LogP contribution in [0.3, 0.4) is 0 Å². The number of benzene rings is 2. The van der Waals surface area contributed by atoms with Crippen LogP contribution < -0.4 is 4.74 Å². The van der Waals surface area contributed by atoms with Crippen molar-refractivity contribution in [2.45, 2.75) is 44.7 Å². The molecule has 1 aliphatic rings. The lowest BCUT2D eigenvalue weighted by Crippen LogP contribution is -2.44. The molecule has 0 saturated carbocycles. The van der Waals surface area contributed by atoms with E-state index in [-0.39, 0.29) is 23.4 Å². The number of ether oxygens (including phenoxy) is 1. The molecule has 1 N–H and O–H groups in total. The molecule has 204 valence electrons. The monoisotopic (exact) mass is 552 g/mol. The molecule has 1 atom stereocenters. The number of aliphatic carboxylic acids is 1. The van der Waals surface area contributed by atoms with Gasteiger partial charge in [-0.2, -0.15) is 0 Å². The zero-order chi connectivity index (χ0) is 27.4. The van der Waals surface area contributed by atoms with Crippen LogP contribution in [0.2, 0.25) is 5.02 Å². The van der Waals surface area contributed by atoms with Gasteiger partial charge in [-0.3, -0.25) is 9.78 Å². The lowest BCUT2D eigenvalue weighted by atomic mass is 9.74. The van der Waals surface area contributed by atoms with Gasteiger partial charge in [0, 0.05) is 17.1 Å². The summed E-state index contributed by atoms with van der Waals surface area (Å²) in [5, 5.41) is 10.8. The van der Waals surface area contributed by atoms with E-state index in [1.54, 1.807) is 18.2 Å². The van der Waals surface area contributed by atoms with E-state index in [2.05, 4.69) is 9.88 Å². The van der Waals surface area contributed by atoms with Crippen molar-refractivity contribution in [2.24, 2.45) is 5.41 Å². The molecule has 10 heteroatoms. The fourth-order valence-electron chi connectivity index (χ4n) is 5.20. The minimum absolute atomic E-state index is 0.00988. The second kappa shape index (κ2) is 11.9. The highest BCUT2D eigenvalue weighted by atomic mass is 35.5. The van der Waals surface area contributed by atoms with Crippen molar-refractivity contribution in [1.82, 2.24) is 9.88 Å². The largest absolute Gasteiger partial charge is 0.497 e. The molecule has 2 aromatic carbocycles. The lowest BCUT2D eigenvalue weighted by molar-refractivity contribution is -0.153. The van der Waals surface area contributed by atoms with Crippen LogP contribution in [0.4, 0.5) is 17.6 Å². The molecule has 2 heterocycles. The van der Waals surface area contributed by atoms with Gasteiger partial charge in [0.25, 0.3) is 0 Å². The third kappa shape index (κ3) is 6.04. The van der Waals surface area contributed by atoms with Crippen molar-refractivity contribution in [1.29, 1.82) is 0 Å². The number of methoxy groups -OCH3 is 1. The molecule has 0 amide bonds. The maximum atomic E-state index is 15.6. The van der Waals surface area contributed by atoms with Gasteiger partial charge in [0.05, 0.1) is 23.1 Å². The number of carboxylic acids is 1. The van der Waals surface area contributed by atoms with Crippen molar-refractivity contribution in [3.63, 3.8) is 0 Å². The third-order valence-corrected chi connectivity index (χ3v) is 7.81. The van der Waals surface area contributed by atoms with E-state index in [4.69, 9.17) is 16.3 Å². The number of alkyl halides is 1. The van der Waals surface area contributed by atoms with E-state index < -0.39 is 35.0 Å². The lowest BCUT2D eigenvalue weighted by Gasteiger charge is -2.39. The van der Waals surface area contributed by atoms with Gasteiger partial charge in [-0.15, -0.1) is 0 Å². The van der Waals surface area contributed by atoms with E-state index >= 15 is 4.39 Å². The summed E-state index contributed by atoms with van der Waals surface area (Å²) < 4.78 is 60.9. The van der Waals surface area contributed by atoms with Crippen molar-refractivity contribution in [2.75, 3.05) is 26.7 Å². The highest BCUT2D eigenvalue weighted by Gasteiger charge is 2.41. The fourth-order valence-corrected chi connectivity index (χ4v) is 5.46. The van der Waals surface area contributed by atoms with Crippen LogP contribution in [0.5, 0.6) is 5.75 Å². The van der Waals surface area contributed by atoms with Crippen molar-refractivity contribution < 1.29 is 32.2 Å². The third-order valence-electron chi connectivity index (χ3n) is 7.51. The average molecular weight is 553 g/mol. The highest BCUT2D eigenvalue weighted by molar-refractivity contribution is 6.32. The molecular weight excluding hydrogens is 524 g/mol. The van der Waals surface area contributed by atoms with Gasteiger partial charge >= 0.3 is 5.97 Å². The summed E-state index contributed by atoms with van der Waals surface area (Å²) >= 11 is 6.32. The molecule has 1 aliphatic heterocycles. The van der Waals surface area contributed by atoms with Gasteiger partial charge in [0.15, 0.2) is 17.5 Å². The van der Waals surface area contributed by atoms with Gasteiger partial charge in [0.2, 0.25) is 0 Å². The number of piperidine rings is 1. The zero-order valence-corrected chi connectivity index (χ0v) is 21.7. The van der Waals surface area contributed by atoms with Gasteiger partial charge < -0.3 is 14.7 Å². The van der Waals surface area contributed by atoms with E-state index in [1.807, 2.05) is 0 Å². The molecular formula is C28H29ClF4N2O3. The number of aryl methyl sites for hydroxylation is 1. The van der Waals surface area contributed by atoms with Crippen LogP contribution in [0.25, 0.3) is 10.9 Å². The molecule has 1 aromatic heterocycles. The average Bonchev–Trinajstić information content (AvgIpc) is 2.90. The first-order chi connectivity index (χ1) is 18.1. The fraction of sp³-hybridized carbons (Fsp3) is 0.429. The summed E-state index contributed by atoms with van der Waals surface area (Å²) in [6, 6.07) is 7.11. The Morgan fingerprint density at radius 3 is 2.50 bits per heavy atom. The van der Waals surface area contributed by atoms with Gasteiger partial charge in [0.1, 0.15) is 11.9 Å². The first kappa shape index (κ1) is 28.1. The van der Waals surface area contributed by atoms with E-state index in [9.17, 15) is 23.1 Å². The second-order valence-corrected chi connectivity index (χ2v) is 10.2. The van der Waals surface area contributed by atoms with Crippen LogP contribution in [0, 0.1) is 22.9 Å². The van der Waals surface area contributed by atoms with E-state index in [0.717, 1.165) is 12.1 Å². The maximum absolute atomic E-state index is 15.6. The summed E-state index contributed by atoms with van der Waals surface area (Å²) in [4.78, 5) is 18.6. The number of rotatable bonds is 10. The molecule has 5 nitrogen and oxygen atoms in total. The summed E-state index contributed by atoms with van der Waals surface area (Å²) in [5.74, 6) is -4.32. The molecule has 1 saturated heterocycles. The molecule has 0 aliphatic carbocycles. The van der Waals surface area contributed by atoms with Crippen molar-refractivity contribution in [3.8, 4) is 5.75 Å². The minimum atomic E-state index is -1.48. The number of fused-ring (bicyclic) bond motifs is 1. The summed E-state index contributed by atoms with van der Waals surface area (Å²) in [5.41, 5.74) is 0.159. The van der Waals surface area contributed by atoms with Gasteiger partial charge in [-0.1, -0.05) is 11.6 Å². The molecule has 0 spiro atoms. The summed E-state index contributed by atoms with van der Waals surface area (Å²) in [6.07, 6.45) is 1.71. The standard InChI is InChI=1S/C28H29ClF4N2O3/c1-38-18-4-5-24-19(15-18)25(20(29)16-34-24)21(30)6-7-28(27(36)37)8-11-35(12-9-28)10-2-3-17-13-22(31)26(33)23(32)14-17/h4-5,13-16,21H,2-3,6-12H2,1H3,(H,36,37)/t21-/m1/s1. The van der Waals surface area contributed by atoms with Crippen LogP contribution in [0.15, 0.2) is 36.5 Å². The Labute approximate surface area is 223 Å². The quantitative estimate of drug-likeness (QED) is 0.219. The second-order valence-electron chi connectivity index (χ2n) is 9.81. The number of nitrogens with zero attached hydrogens (tertiary/aromatic N) is 2. The Hall–Kier alpha value is -2.91. The van der Waals surface area contributed by atoms with Crippen molar-refractivity contribution in [3.05, 3.63) is 70.1 Å². The summed E-state index contributed by atoms with van der Waals surface area (Å²) in [7, 11) is 1.51. The number of carboxylic acid groups (broad SMARTS) is 1. The normalized spacial score (nSPS) is 16.5. The number of halogens is 5. The van der Waals surface area contributed by atoms with Crippen LogP contribution in [-0.4, -0.2) is 47.7 Å². The first-order valence-electron chi connectivity index (χ1n) is 12.5. The SMILES string of the molecule is COc1ccc2ncc(Cl)c([C@H](F)CCC3(C(=O)O)CCN(CCCc4cc(F)c(F)c(F)c4)CC3)c2c1. The molecule has 1 fully saturated rings. The Kier molecular flexibility index (Phi) is 8.78. The van der Waals surface area contributed by atoms with Crippen LogP contribution >= 0.6 is 11.6 Å². The molecule has 0 bridgehead atoms. The van der Waals surface area contributed by atoms with Crippen molar-refractivity contribution >= 4 is 28.5 Å². The molecule has 4 rings (SSSR count). The topological polar surface area (TPSA) is 62.7 Å². The molecule has 38 heavy (non-hydrogen) atoms. The van der Waals surface area contributed by atoms with Gasteiger partial charge in [-0.05, 0) is 94.1 Å². The number of likely N-dealkylation sites (tertiary alicyclic amines) is 1. The first-order valence-corrected chi connectivity index (χ1v) is 12.9. The Morgan fingerprint density at radius 1 is 1.18 bits per heavy atom. The van der Waals surface area contributed by atoms with Crippen LogP contribution in [-0.2, 0) is 11.2 Å². The Balaban J connectivity index is 1.36. The number of aromatic nitrogens is 1. The Bertz CT molecular complexity index is 1290. The highest BCUT2D eigenvalue weighted by Crippen LogP contribution is 2.42. The number of pyridine rings is 1. The summed E-state index contributed by atoms with van der Waals surface area (Å²) in [6.45, 7) is 1.61. The number of carbonyl (C=O) groups is 1. The molecule has 3 aromatic rings. The molecule has 0 radical (unpaired) electrons. The zero-order valence-electron chi connectivity index (χ0n) is 21.0. The van der Waals surface area contributed by atoms with Gasteiger partial charge in [-0.25, -0.2) is 17.6 Å².